The average molecular weight is 399 g/mol. The van der Waals surface area contributed by atoms with E-state index in [0.29, 0.717) is 13.2 Å². The highest BCUT2D eigenvalue weighted by Gasteiger charge is 2.10. The summed E-state index contributed by atoms with van der Waals surface area (Å²) in [6, 6.07) is 14.5. The Bertz CT molecular complexity index is 745. The first-order valence-electron chi connectivity index (χ1n) is 10.7. The normalized spacial score (nSPS) is 14.7. The molecule has 5 nitrogen and oxygen atoms in total. The van der Waals surface area contributed by atoms with E-state index in [1.165, 1.54) is 16.7 Å². The van der Waals surface area contributed by atoms with Gasteiger partial charge in [-0.15, -0.1) is 0 Å². The molecule has 29 heavy (non-hydrogen) atoms. The smallest absolute Gasteiger partial charge is 0.161 e. The molecule has 158 valence electrons. The highest BCUT2D eigenvalue weighted by molar-refractivity contribution is 5.43. The van der Waals surface area contributed by atoms with Crippen LogP contribution in [0, 0.1) is 6.92 Å². The zero-order chi connectivity index (χ0) is 20.3. The predicted molar refractivity (Wildman–Crippen MR) is 117 cm³/mol. The van der Waals surface area contributed by atoms with Crippen molar-refractivity contribution in [3.05, 3.63) is 59.2 Å². The predicted octanol–water partition coefficient (Wildman–Crippen LogP) is 3.78. The molecule has 1 N–H and O–H groups in total. The Morgan fingerprint density at radius 3 is 2.66 bits per heavy atom. The van der Waals surface area contributed by atoms with Crippen LogP contribution < -0.4 is 14.8 Å². The van der Waals surface area contributed by atoms with Gasteiger partial charge in [0.05, 0.1) is 19.8 Å². The Labute approximate surface area is 175 Å². The lowest BCUT2D eigenvalue weighted by Crippen LogP contribution is -2.37. The second kappa shape index (κ2) is 11.8. The van der Waals surface area contributed by atoms with E-state index in [9.17, 15) is 0 Å². The molecule has 0 bridgehead atoms. The van der Waals surface area contributed by atoms with Crippen LogP contribution in [0.4, 0.5) is 0 Å². The minimum Gasteiger partial charge on any atom is -0.490 e. The number of rotatable bonds is 11. The molecule has 0 unspecified atom stereocenters. The van der Waals surface area contributed by atoms with E-state index in [2.05, 4.69) is 41.4 Å². The highest BCUT2D eigenvalue weighted by Crippen LogP contribution is 2.29. The van der Waals surface area contributed by atoms with Crippen molar-refractivity contribution < 1.29 is 14.2 Å². The van der Waals surface area contributed by atoms with E-state index in [-0.39, 0.29) is 0 Å². The molecule has 1 saturated heterocycles. The van der Waals surface area contributed by atoms with Gasteiger partial charge < -0.3 is 19.5 Å². The number of nitrogens with one attached hydrogen (secondary N) is 1. The number of morpholine rings is 1. The molecule has 5 heteroatoms. The lowest BCUT2D eigenvalue weighted by Gasteiger charge is -2.26. The molecule has 2 aromatic carbocycles. The summed E-state index contributed by atoms with van der Waals surface area (Å²) >= 11 is 0. The summed E-state index contributed by atoms with van der Waals surface area (Å²) in [5, 5.41) is 3.54. The van der Waals surface area contributed by atoms with Crippen molar-refractivity contribution in [2.45, 2.75) is 33.4 Å². The Morgan fingerprint density at radius 1 is 1.03 bits per heavy atom. The fourth-order valence-corrected chi connectivity index (χ4v) is 3.46. The van der Waals surface area contributed by atoms with Crippen molar-refractivity contribution in [2.24, 2.45) is 0 Å². The summed E-state index contributed by atoms with van der Waals surface area (Å²) in [5.41, 5.74) is 3.65. The van der Waals surface area contributed by atoms with Gasteiger partial charge in [-0.2, -0.15) is 0 Å². The first-order valence-corrected chi connectivity index (χ1v) is 10.7. The fraction of sp³-hybridized carbons (Fsp3) is 0.500. The van der Waals surface area contributed by atoms with Crippen LogP contribution in [-0.4, -0.2) is 50.9 Å². The molecule has 3 rings (SSSR count). The maximum Gasteiger partial charge on any atom is 0.161 e. The Kier molecular flexibility index (Phi) is 8.81. The van der Waals surface area contributed by atoms with Gasteiger partial charge in [0.25, 0.3) is 0 Å². The van der Waals surface area contributed by atoms with Crippen molar-refractivity contribution in [1.82, 2.24) is 10.2 Å². The monoisotopic (exact) mass is 398 g/mol. The van der Waals surface area contributed by atoms with Crippen molar-refractivity contribution in [2.75, 3.05) is 46.0 Å². The van der Waals surface area contributed by atoms with Crippen LogP contribution >= 0.6 is 0 Å². The van der Waals surface area contributed by atoms with Gasteiger partial charge in [-0.05, 0) is 62.2 Å². The van der Waals surface area contributed by atoms with Crippen molar-refractivity contribution in [3.8, 4) is 11.5 Å². The quantitative estimate of drug-likeness (QED) is 0.584. The van der Waals surface area contributed by atoms with Gasteiger partial charge >= 0.3 is 0 Å². The van der Waals surface area contributed by atoms with Gasteiger partial charge in [-0.1, -0.05) is 30.3 Å². The third-order valence-corrected chi connectivity index (χ3v) is 5.21. The molecule has 0 spiro atoms. The fourth-order valence-electron chi connectivity index (χ4n) is 3.46. The average Bonchev–Trinajstić information content (AvgIpc) is 2.75. The number of hydrogen-bond donors (Lipinski definition) is 1. The van der Waals surface area contributed by atoms with Crippen LogP contribution in [0.25, 0.3) is 0 Å². The molecule has 2 aromatic rings. The molecule has 1 aliphatic rings. The summed E-state index contributed by atoms with van der Waals surface area (Å²) in [5.74, 6) is 1.61. The third kappa shape index (κ3) is 7.03. The van der Waals surface area contributed by atoms with Gasteiger partial charge in [0.15, 0.2) is 11.5 Å². The van der Waals surface area contributed by atoms with Crippen molar-refractivity contribution in [1.29, 1.82) is 0 Å². The highest BCUT2D eigenvalue weighted by atomic mass is 16.5. The van der Waals surface area contributed by atoms with E-state index in [4.69, 9.17) is 14.2 Å². The topological polar surface area (TPSA) is 43.0 Å². The summed E-state index contributed by atoms with van der Waals surface area (Å²) in [4.78, 5) is 2.47. The maximum atomic E-state index is 6.06. The van der Waals surface area contributed by atoms with E-state index in [1.54, 1.807) is 0 Å². The first kappa shape index (κ1) is 21.6. The molecule has 0 atom stereocenters. The third-order valence-electron chi connectivity index (χ3n) is 5.21. The summed E-state index contributed by atoms with van der Waals surface area (Å²) in [6.45, 7) is 12.1. The second-order valence-electron chi connectivity index (χ2n) is 7.41. The van der Waals surface area contributed by atoms with Gasteiger partial charge in [0.2, 0.25) is 0 Å². The minimum atomic E-state index is 0.548. The number of ether oxygens (including phenoxy) is 3. The molecule has 0 amide bonds. The Hall–Kier alpha value is -2.08. The molecular formula is C24H34N2O3. The van der Waals surface area contributed by atoms with Crippen LogP contribution in [-0.2, 0) is 17.9 Å². The van der Waals surface area contributed by atoms with Crippen molar-refractivity contribution >= 4 is 0 Å². The first-order chi connectivity index (χ1) is 14.3. The lowest BCUT2D eigenvalue weighted by molar-refractivity contribution is 0.0374. The minimum absolute atomic E-state index is 0.548. The molecule has 0 radical (unpaired) electrons. The molecule has 0 aliphatic carbocycles. The van der Waals surface area contributed by atoms with Crippen LogP contribution in [0.1, 0.15) is 30.0 Å². The maximum absolute atomic E-state index is 6.06. The lowest BCUT2D eigenvalue weighted by atomic mass is 10.1. The second-order valence-corrected chi connectivity index (χ2v) is 7.41. The Balaban J connectivity index is 1.47. The largest absolute Gasteiger partial charge is 0.490 e. The van der Waals surface area contributed by atoms with E-state index >= 15 is 0 Å². The van der Waals surface area contributed by atoms with Crippen molar-refractivity contribution in [3.63, 3.8) is 0 Å². The molecule has 1 aliphatic heterocycles. The van der Waals surface area contributed by atoms with Crippen LogP contribution in [0.3, 0.4) is 0 Å². The van der Waals surface area contributed by atoms with Gasteiger partial charge in [-0.3, -0.25) is 4.90 Å². The van der Waals surface area contributed by atoms with E-state index < -0.39 is 0 Å². The summed E-state index contributed by atoms with van der Waals surface area (Å²) in [7, 11) is 0. The SMILES string of the molecule is CCOc1cc(CNCCCN2CCOCC2)ccc1OCc1ccccc1C. The standard InChI is InChI=1S/C24H34N2O3/c1-3-28-24-17-21(18-25-11-6-12-26-13-15-27-16-14-26)9-10-23(24)29-19-22-8-5-4-7-20(22)2/h4-5,7-10,17,25H,3,6,11-16,18-19H2,1-2H3. The zero-order valence-corrected chi connectivity index (χ0v) is 17.8. The summed E-state index contributed by atoms with van der Waals surface area (Å²) in [6.07, 6.45) is 1.15. The van der Waals surface area contributed by atoms with Gasteiger partial charge in [0.1, 0.15) is 6.61 Å². The van der Waals surface area contributed by atoms with Crippen LogP contribution in [0.2, 0.25) is 0 Å². The molecular weight excluding hydrogens is 364 g/mol. The molecule has 1 heterocycles. The number of benzene rings is 2. The van der Waals surface area contributed by atoms with Crippen LogP contribution in [0.5, 0.6) is 11.5 Å². The van der Waals surface area contributed by atoms with E-state index in [1.807, 2.05) is 25.1 Å². The Morgan fingerprint density at radius 2 is 1.86 bits per heavy atom. The zero-order valence-electron chi connectivity index (χ0n) is 17.8. The summed E-state index contributed by atoms with van der Waals surface area (Å²) < 4.78 is 17.3. The van der Waals surface area contributed by atoms with Gasteiger partial charge in [0, 0.05) is 19.6 Å². The van der Waals surface area contributed by atoms with Crippen LogP contribution in [0.15, 0.2) is 42.5 Å². The number of nitrogens with zero attached hydrogens (tertiary/aromatic N) is 1. The molecule has 0 aromatic heterocycles. The number of aryl methyl sites for hydroxylation is 1. The van der Waals surface area contributed by atoms with Gasteiger partial charge in [-0.25, -0.2) is 0 Å². The molecule has 1 fully saturated rings. The number of hydrogen-bond acceptors (Lipinski definition) is 5. The van der Waals surface area contributed by atoms with E-state index in [0.717, 1.165) is 63.9 Å². The molecule has 0 saturated carbocycles.